The van der Waals surface area contributed by atoms with Crippen LogP contribution >= 0.6 is 27.3 Å². The lowest BCUT2D eigenvalue weighted by Crippen LogP contribution is -2.46. The number of halogens is 1. The summed E-state index contributed by atoms with van der Waals surface area (Å²) < 4.78 is 2.31. The minimum absolute atomic E-state index is 0.110. The van der Waals surface area contributed by atoms with Crippen molar-refractivity contribution in [2.75, 3.05) is 36.0 Å². The summed E-state index contributed by atoms with van der Waals surface area (Å²) >= 11 is 5.27. The van der Waals surface area contributed by atoms with Crippen LogP contribution in [0.5, 0.6) is 0 Å². The second-order valence-corrected chi connectivity index (χ2v) is 8.11. The van der Waals surface area contributed by atoms with Crippen LogP contribution < -0.4 is 9.80 Å². The predicted octanol–water partition coefficient (Wildman–Crippen LogP) is 4.59. The van der Waals surface area contributed by atoms with E-state index in [0.717, 1.165) is 46.9 Å². The molecule has 0 radical (unpaired) electrons. The van der Waals surface area contributed by atoms with Crippen LogP contribution in [-0.4, -0.2) is 36.9 Å². The topological polar surface area (TPSA) is 36.4 Å². The highest BCUT2D eigenvalue weighted by Gasteiger charge is 2.20. The molecule has 2 aromatic carbocycles. The predicted molar refractivity (Wildman–Crippen MR) is 108 cm³/mol. The highest BCUT2D eigenvalue weighted by molar-refractivity contribution is 9.10. The van der Waals surface area contributed by atoms with Gasteiger partial charge in [-0.1, -0.05) is 27.3 Å². The van der Waals surface area contributed by atoms with E-state index in [9.17, 15) is 4.79 Å². The molecule has 25 heavy (non-hydrogen) atoms. The molecule has 1 aliphatic rings. The number of carbonyl (C=O) groups excluding carboxylic acids is 1. The molecule has 0 aliphatic carbocycles. The number of nitrogens with zero attached hydrogens (tertiary/aromatic N) is 3. The zero-order valence-electron chi connectivity index (χ0n) is 13.9. The lowest BCUT2D eigenvalue weighted by Gasteiger charge is -2.36. The molecular formula is C19H18BrN3OS. The monoisotopic (exact) mass is 415 g/mol. The summed E-state index contributed by atoms with van der Waals surface area (Å²) in [6.07, 6.45) is 0. The maximum atomic E-state index is 11.4. The molecule has 1 fully saturated rings. The van der Waals surface area contributed by atoms with Gasteiger partial charge in [0.1, 0.15) is 0 Å². The van der Waals surface area contributed by atoms with Gasteiger partial charge in [0.15, 0.2) is 10.9 Å². The van der Waals surface area contributed by atoms with E-state index >= 15 is 0 Å². The van der Waals surface area contributed by atoms with E-state index in [-0.39, 0.29) is 5.78 Å². The number of rotatable bonds is 3. The van der Waals surface area contributed by atoms with E-state index < -0.39 is 0 Å². The lowest BCUT2D eigenvalue weighted by molar-refractivity contribution is 0.101. The molecule has 0 atom stereocenters. The van der Waals surface area contributed by atoms with E-state index in [4.69, 9.17) is 4.98 Å². The quantitative estimate of drug-likeness (QED) is 0.586. The highest BCUT2D eigenvalue weighted by Crippen LogP contribution is 2.31. The van der Waals surface area contributed by atoms with Crippen LogP contribution in [0.1, 0.15) is 17.3 Å². The van der Waals surface area contributed by atoms with Crippen molar-refractivity contribution in [1.82, 2.24) is 4.98 Å². The molecule has 0 saturated carbocycles. The molecule has 1 aliphatic heterocycles. The first-order valence-corrected chi connectivity index (χ1v) is 9.88. The number of ketones is 1. The van der Waals surface area contributed by atoms with Gasteiger partial charge in [-0.3, -0.25) is 4.79 Å². The maximum Gasteiger partial charge on any atom is 0.186 e. The average Bonchev–Trinajstić information content (AvgIpc) is 3.05. The Labute approximate surface area is 159 Å². The molecule has 0 unspecified atom stereocenters. The van der Waals surface area contributed by atoms with Gasteiger partial charge >= 0.3 is 0 Å². The molecule has 0 spiro atoms. The van der Waals surface area contributed by atoms with Crippen molar-refractivity contribution in [2.24, 2.45) is 0 Å². The zero-order valence-corrected chi connectivity index (χ0v) is 16.3. The van der Waals surface area contributed by atoms with Crippen LogP contribution in [0.2, 0.25) is 0 Å². The SMILES string of the molecule is CC(=O)c1ccc(N2CCN(c3nc4ccc(Br)cc4s3)CC2)cc1. The van der Waals surface area contributed by atoms with Crippen LogP contribution in [0.4, 0.5) is 10.8 Å². The largest absolute Gasteiger partial charge is 0.368 e. The van der Waals surface area contributed by atoms with Crippen molar-refractivity contribution in [3.63, 3.8) is 0 Å². The van der Waals surface area contributed by atoms with Gasteiger partial charge in [0.2, 0.25) is 0 Å². The number of carbonyl (C=O) groups is 1. The van der Waals surface area contributed by atoms with Crippen LogP contribution in [0.15, 0.2) is 46.9 Å². The molecule has 0 N–H and O–H groups in total. The summed E-state index contributed by atoms with van der Waals surface area (Å²) in [5.41, 5.74) is 3.01. The summed E-state index contributed by atoms with van der Waals surface area (Å²) in [6, 6.07) is 14.1. The maximum absolute atomic E-state index is 11.4. The van der Waals surface area contributed by atoms with E-state index in [2.05, 4.69) is 37.9 Å². The first kappa shape index (κ1) is 16.5. The molecule has 4 nitrogen and oxygen atoms in total. The van der Waals surface area contributed by atoms with Gasteiger partial charge in [-0.2, -0.15) is 0 Å². The van der Waals surface area contributed by atoms with Crippen molar-refractivity contribution in [3.05, 3.63) is 52.5 Å². The van der Waals surface area contributed by atoms with Crippen LogP contribution in [0, 0.1) is 0 Å². The molecule has 4 rings (SSSR count). The number of anilines is 2. The summed E-state index contributed by atoms with van der Waals surface area (Å²) in [7, 11) is 0. The highest BCUT2D eigenvalue weighted by atomic mass is 79.9. The van der Waals surface area contributed by atoms with Crippen molar-refractivity contribution in [1.29, 1.82) is 0 Å². The number of hydrogen-bond donors (Lipinski definition) is 0. The lowest BCUT2D eigenvalue weighted by atomic mass is 10.1. The van der Waals surface area contributed by atoms with E-state index in [1.54, 1.807) is 18.3 Å². The Morgan fingerprint density at radius 2 is 1.72 bits per heavy atom. The van der Waals surface area contributed by atoms with Gasteiger partial charge in [-0.15, -0.1) is 0 Å². The van der Waals surface area contributed by atoms with E-state index in [1.165, 1.54) is 10.4 Å². The molecule has 0 amide bonds. The molecular weight excluding hydrogens is 398 g/mol. The fraction of sp³-hybridized carbons (Fsp3) is 0.263. The first-order valence-electron chi connectivity index (χ1n) is 8.27. The number of hydrogen-bond acceptors (Lipinski definition) is 5. The summed E-state index contributed by atoms with van der Waals surface area (Å²) in [4.78, 5) is 20.9. The summed E-state index contributed by atoms with van der Waals surface area (Å²) in [5, 5.41) is 1.10. The molecule has 6 heteroatoms. The van der Waals surface area contributed by atoms with Crippen LogP contribution in [0.3, 0.4) is 0 Å². The Bertz CT molecular complexity index is 914. The van der Waals surface area contributed by atoms with Crippen molar-refractivity contribution < 1.29 is 4.79 Å². The van der Waals surface area contributed by atoms with Gasteiger partial charge in [-0.05, 0) is 49.4 Å². The van der Waals surface area contributed by atoms with Crippen molar-refractivity contribution >= 4 is 54.1 Å². The van der Waals surface area contributed by atoms with Gasteiger partial charge in [0, 0.05) is 41.9 Å². The molecule has 3 aromatic rings. The van der Waals surface area contributed by atoms with E-state index in [0.29, 0.717) is 0 Å². The van der Waals surface area contributed by atoms with Gasteiger partial charge in [0.05, 0.1) is 10.2 Å². The molecule has 1 aromatic heterocycles. The smallest absolute Gasteiger partial charge is 0.186 e. The van der Waals surface area contributed by atoms with Gasteiger partial charge in [0.25, 0.3) is 0 Å². The van der Waals surface area contributed by atoms with Gasteiger partial charge < -0.3 is 9.80 Å². The number of benzene rings is 2. The zero-order chi connectivity index (χ0) is 17.4. The minimum atomic E-state index is 0.110. The third-order valence-electron chi connectivity index (χ3n) is 4.53. The first-order chi connectivity index (χ1) is 12.1. The fourth-order valence-electron chi connectivity index (χ4n) is 3.08. The Kier molecular flexibility index (Phi) is 4.48. The summed E-state index contributed by atoms with van der Waals surface area (Å²) in [5.74, 6) is 0.110. The third-order valence-corrected chi connectivity index (χ3v) is 6.10. The Balaban J connectivity index is 1.46. The fourth-order valence-corrected chi connectivity index (χ4v) is 4.65. The molecule has 2 heterocycles. The minimum Gasteiger partial charge on any atom is -0.368 e. The number of Topliss-reactive ketones (excluding diaryl/α,β-unsaturated/α-hetero) is 1. The second kappa shape index (κ2) is 6.77. The van der Waals surface area contributed by atoms with Crippen molar-refractivity contribution in [2.45, 2.75) is 6.92 Å². The number of fused-ring (bicyclic) bond motifs is 1. The van der Waals surface area contributed by atoms with Crippen LogP contribution in [-0.2, 0) is 0 Å². The Hall–Kier alpha value is -1.92. The molecule has 1 saturated heterocycles. The number of piperazine rings is 1. The Morgan fingerprint density at radius 1 is 1.04 bits per heavy atom. The standard InChI is InChI=1S/C19H18BrN3OS/c1-13(24)14-2-5-16(6-3-14)22-8-10-23(11-9-22)19-21-17-7-4-15(20)12-18(17)25-19/h2-7,12H,8-11H2,1H3. The van der Waals surface area contributed by atoms with Crippen LogP contribution in [0.25, 0.3) is 10.2 Å². The number of thiazole rings is 1. The van der Waals surface area contributed by atoms with Gasteiger partial charge in [-0.25, -0.2) is 4.98 Å². The average molecular weight is 416 g/mol. The normalized spacial score (nSPS) is 15.0. The van der Waals surface area contributed by atoms with Crippen molar-refractivity contribution in [3.8, 4) is 0 Å². The third kappa shape index (κ3) is 3.41. The molecule has 128 valence electrons. The van der Waals surface area contributed by atoms with E-state index in [1.807, 2.05) is 30.3 Å². The summed E-state index contributed by atoms with van der Waals surface area (Å²) in [6.45, 7) is 5.42. The Morgan fingerprint density at radius 3 is 2.40 bits per heavy atom. The number of aromatic nitrogens is 1. The molecule has 0 bridgehead atoms. The second-order valence-electron chi connectivity index (χ2n) is 6.19.